The summed E-state index contributed by atoms with van der Waals surface area (Å²) in [7, 11) is -6.03. The molecule has 0 bridgehead atoms. The molecular formula is C31H27F4NO10S2. The SMILES string of the molecule is COc1cc(-c2ccc(C(=N)OC(F)(F)F)c(F)c2)c(OC)c(OS(C)(=O)=O)c1-c1ccc(OCc2ccccc2)c(OS(C)(=O)=O)c1. The third-order valence-electron chi connectivity index (χ3n) is 6.31. The van der Waals surface area contributed by atoms with Crippen LogP contribution in [-0.4, -0.2) is 55.8 Å². The average Bonchev–Trinajstić information content (AvgIpc) is 2.98. The lowest BCUT2D eigenvalue weighted by Crippen LogP contribution is -2.20. The molecule has 4 rings (SSSR count). The van der Waals surface area contributed by atoms with Gasteiger partial charge in [-0.2, -0.15) is 16.8 Å². The molecule has 0 aromatic heterocycles. The minimum Gasteiger partial charge on any atom is -0.496 e. The largest absolute Gasteiger partial charge is 0.574 e. The fourth-order valence-electron chi connectivity index (χ4n) is 4.48. The number of methoxy groups -OCH3 is 2. The van der Waals surface area contributed by atoms with E-state index in [9.17, 15) is 30.0 Å². The minimum atomic E-state index is -5.23. The monoisotopic (exact) mass is 713 g/mol. The van der Waals surface area contributed by atoms with E-state index in [0.717, 1.165) is 43.4 Å². The summed E-state index contributed by atoms with van der Waals surface area (Å²) in [5.74, 6) is -3.82. The lowest BCUT2D eigenvalue weighted by atomic mass is 9.95. The Kier molecular flexibility index (Phi) is 10.4. The highest BCUT2D eigenvalue weighted by molar-refractivity contribution is 7.86. The van der Waals surface area contributed by atoms with Gasteiger partial charge in [-0.3, -0.25) is 5.41 Å². The van der Waals surface area contributed by atoms with Crippen molar-refractivity contribution in [3.05, 3.63) is 89.7 Å². The molecular weight excluding hydrogens is 686 g/mol. The molecule has 0 amide bonds. The van der Waals surface area contributed by atoms with Gasteiger partial charge in [0.05, 0.1) is 37.9 Å². The van der Waals surface area contributed by atoms with Crippen molar-refractivity contribution in [1.29, 1.82) is 5.41 Å². The lowest BCUT2D eigenvalue weighted by Gasteiger charge is -2.21. The van der Waals surface area contributed by atoms with Crippen molar-refractivity contribution in [3.63, 3.8) is 0 Å². The van der Waals surface area contributed by atoms with Crippen LogP contribution in [0.25, 0.3) is 22.3 Å². The Hall–Kier alpha value is -5.03. The molecule has 4 aromatic carbocycles. The number of hydrogen-bond acceptors (Lipinski definition) is 11. The fourth-order valence-corrected chi connectivity index (χ4v) is 5.40. The zero-order valence-corrected chi connectivity index (χ0v) is 27.2. The van der Waals surface area contributed by atoms with Gasteiger partial charge in [-0.15, -0.1) is 13.2 Å². The zero-order valence-electron chi connectivity index (χ0n) is 25.5. The topological polar surface area (TPSA) is 148 Å². The van der Waals surface area contributed by atoms with Gasteiger partial charge in [0.15, 0.2) is 23.0 Å². The maximum absolute atomic E-state index is 15.0. The number of ether oxygens (including phenoxy) is 4. The molecule has 17 heteroatoms. The van der Waals surface area contributed by atoms with Crippen molar-refractivity contribution in [2.45, 2.75) is 13.0 Å². The van der Waals surface area contributed by atoms with Gasteiger partial charge >= 0.3 is 26.6 Å². The number of rotatable bonds is 12. The van der Waals surface area contributed by atoms with E-state index < -0.39 is 49.6 Å². The molecule has 256 valence electrons. The van der Waals surface area contributed by atoms with Crippen LogP contribution in [0.3, 0.4) is 0 Å². The van der Waals surface area contributed by atoms with Crippen molar-refractivity contribution in [3.8, 4) is 51.0 Å². The summed E-state index contributed by atoms with van der Waals surface area (Å²) >= 11 is 0. The van der Waals surface area contributed by atoms with Crippen LogP contribution in [0, 0.1) is 11.2 Å². The van der Waals surface area contributed by atoms with Crippen molar-refractivity contribution < 1.29 is 61.7 Å². The van der Waals surface area contributed by atoms with E-state index in [1.54, 1.807) is 24.3 Å². The number of nitrogens with one attached hydrogen (secondary N) is 1. The van der Waals surface area contributed by atoms with Crippen LogP contribution in [0.1, 0.15) is 11.1 Å². The van der Waals surface area contributed by atoms with Crippen molar-refractivity contribution >= 4 is 26.1 Å². The summed E-state index contributed by atoms with van der Waals surface area (Å²) < 4.78 is 133. The fraction of sp³-hybridized carbons (Fsp3) is 0.194. The Morgan fingerprint density at radius 3 is 1.96 bits per heavy atom. The Labute approximate surface area is 273 Å². The molecule has 0 radical (unpaired) electrons. The second-order valence-corrected chi connectivity index (χ2v) is 13.1. The maximum Gasteiger partial charge on any atom is 0.574 e. The smallest absolute Gasteiger partial charge is 0.496 e. The third kappa shape index (κ3) is 9.07. The molecule has 0 saturated heterocycles. The molecule has 0 fully saturated rings. The van der Waals surface area contributed by atoms with Crippen LogP contribution in [0.5, 0.6) is 28.7 Å². The van der Waals surface area contributed by atoms with E-state index in [4.69, 9.17) is 28.0 Å². The summed E-state index contributed by atoms with van der Waals surface area (Å²) in [4.78, 5) is 0. The summed E-state index contributed by atoms with van der Waals surface area (Å²) in [5, 5.41) is 7.49. The first-order valence-electron chi connectivity index (χ1n) is 13.4. The first-order valence-corrected chi connectivity index (χ1v) is 17.1. The molecule has 0 atom stereocenters. The molecule has 0 saturated carbocycles. The van der Waals surface area contributed by atoms with E-state index in [0.29, 0.717) is 0 Å². The van der Waals surface area contributed by atoms with Gasteiger partial charge in [0, 0.05) is 5.56 Å². The summed E-state index contributed by atoms with van der Waals surface area (Å²) in [6, 6.07) is 17.1. The van der Waals surface area contributed by atoms with Crippen LogP contribution in [0.2, 0.25) is 0 Å². The molecule has 0 aliphatic carbocycles. The Balaban J connectivity index is 1.91. The van der Waals surface area contributed by atoms with Crippen LogP contribution < -0.4 is 22.6 Å². The van der Waals surface area contributed by atoms with Gasteiger partial charge in [0.2, 0.25) is 5.90 Å². The Morgan fingerprint density at radius 1 is 0.750 bits per heavy atom. The summed E-state index contributed by atoms with van der Waals surface area (Å²) in [6.07, 6.45) is -3.67. The highest BCUT2D eigenvalue weighted by Crippen LogP contribution is 2.52. The first kappa shape index (κ1) is 35.8. The van der Waals surface area contributed by atoms with Gasteiger partial charge in [-0.1, -0.05) is 42.5 Å². The van der Waals surface area contributed by atoms with Crippen molar-refractivity contribution in [2.75, 3.05) is 26.7 Å². The molecule has 11 nitrogen and oxygen atoms in total. The second kappa shape index (κ2) is 14.0. The highest BCUT2D eigenvalue weighted by Gasteiger charge is 2.34. The molecule has 0 aliphatic heterocycles. The minimum absolute atomic E-state index is 0.0248. The molecule has 0 heterocycles. The van der Waals surface area contributed by atoms with Gasteiger partial charge < -0.3 is 27.3 Å². The summed E-state index contributed by atoms with van der Waals surface area (Å²) in [6.45, 7) is 0.0474. The predicted octanol–water partition coefficient (Wildman–Crippen LogP) is 6.29. The number of halogens is 4. The van der Waals surface area contributed by atoms with Gasteiger partial charge in [-0.25, -0.2) is 4.39 Å². The quantitative estimate of drug-likeness (QED) is 0.0769. The Morgan fingerprint density at radius 2 is 1.40 bits per heavy atom. The van der Waals surface area contributed by atoms with E-state index in [1.165, 1.54) is 31.4 Å². The first-order chi connectivity index (χ1) is 22.4. The molecule has 0 aliphatic rings. The van der Waals surface area contributed by atoms with E-state index in [1.807, 2.05) is 6.07 Å². The lowest BCUT2D eigenvalue weighted by molar-refractivity contribution is -0.283. The number of hydrogen-bond donors (Lipinski definition) is 1. The number of benzene rings is 4. The van der Waals surface area contributed by atoms with Gasteiger partial charge in [0.25, 0.3) is 0 Å². The van der Waals surface area contributed by atoms with E-state index >= 15 is 4.39 Å². The van der Waals surface area contributed by atoms with Crippen molar-refractivity contribution in [2.24, 2.45) is 0 Å². The molecule has 0 spiro atoms. The zero-order chi connectivity index (χ0) is 35.4. The molecule has 48 heavy (non-hydrogen) atoms. The van der Waals surface area contributed by atoms with Crippen LogP contribution in [0.4, 0.5) is 17.6 Å². The Bertz CT molecular complexity index is 2050. The molecule has 4 aromatic rings. The van der Waals surface area contributed by atoms with Crippen LogP contribution in [-0.2, 0) is 31.6 Å². The molecule has 1 N–H and O–H groups in total. The average molecular weight is 714 g/mol. The van der Waals surface area contributed by atoms with E-state index in [-0.39, 0.29) is 51.9 Å². The van der Waals surface area contributed by atoms with Gasteiger partial charge in [-0.05, 0) is 47.0 Å². The van der Waals surface area contributed by atoms with Crippen LogP contribution >= 0.6 is 0 Å². The van der Waals surface area contributed by atoms with E-state index in [2.05, 4.69) is 4.74 Å². The highest BCUT2D eigenvalue weighted by atomic mass is 32.2. The van der Waals surface area contributed by atoms with Crippen LogP contribution in [0.15, 0.2) is 72.8 Å². The number of alkyl halides is 3. The van der Waals surface area contributed by atoms with Gasteiger partial charge in [0.1, 0.15) is 18.2 Å². The molecule has 0 unspecified atom stereocenters. The third-order valence-corrected chi connectivity index (χ3v) is 7.26. The second-order valence-electron chi connectivity index (χ2n) is 9.95. The standard InChI is InChI=1S/C31H27F4NO10S2/c1-41-26-16-22(19-10-12-21(23(32)14-19)30(36)44-31(33,34)35)28(42-2)29(46-48(4,39)40)27(26)20-11-13-24(25(15-20)45-47(3,37)38)43-17-18-8-6-5-7-9-18/h5-16,36H,17H2,1-4H3. The summed E-state index contributed by atoms with van der Waals surface area (Å²) in [5.41, 5.74) is -0.0526. The maximum atomic E-state index is 15.0. The normalized spacial score (nSPS) is 11.8. The van der Waals surface area contributed by atoms with Crippen molar-refractivity contribution in [1.82, 2.24) is 0 Å². The predicted molar refractivity (Wildman–Crippen MR) is 166 cm³/mol.